The molecular weight excluding hydrogens is 314 g/mol. The Hall–Kier alpha value is -2.35. The monoisotopic (exact) mass is 331 g/mol. The van der Waals surface area contributed by atoms with Crippen LogP contribution in [0.1, 0.15) is 23.3 Å². The molecule has 0 spiro atoms. The van der Waals surface area contributed by atoms with E-state index in [-0.39, 0.29) is 16.9 Å². The molecule has 0 aromatic carbocycles. The van der Waals surface area contributed by atoms with Gasteiger partial charge in [0.25, 0.3) is 11.8 Å². The van der Waals surface area contributed by atoms with E-state index < -0.39 is 5.91 Å². The van der Waals surface area contributed by atoms with Crippen LogP contribution in [0.5, 0.6) is 0 Å². The summed E-state index contributed by atoms with van der Waals surface area (Å²) in [6.07, 6.45) is 5.16. The number of nitrogens with one attached hydrogen (secondary N) is 2. The third-order valence-corrected chi connectivity index (χ3v) is 4.90. The van der Waals surface area contributed by atoms with Gasteiger partial charge < -0.3 is 4.57 Å². The summed E-state index contributed by atoms with van der Waals surface area (Å²) in [7, 11) is 1.79. The Bertz CT molecular complexity index is 710. The number of nitrogens with zero attached hydrogens (tertiary/aromatic N) is 3. The van der Waals surface area contributed by atoms with Crippen molar-refractivity contribution < 1.29 is 9.59 Å². The van der Waals surface area contributed by atoms with Crippen molar-refractivity contribution in [2.45, 2.75) is 18.1 Å². The van der Waals surface area contributed by atoms with Crippen LogP contribution in [0.2, 0.25) is 0 Å². The standard InChI is InChI=1S/C15H17N5O2S/c1-20-9-11(17-13(20)10-5-2-3-7-16-10)14(21)18-19-15(22)12-6-4-8-23-12/h2-3,5,7,9,12H,4,6,8H2,1H3,(H,18,21)(H,19,22). The lowest BCUT2D eigenvalue weighted by Gasteiger charge is -2.09. The van der Waals surface area contributed by atoms with Crippen LogP contribution in [-0.4, -0.2) is 37.4 Å². The summed E-state index contributed by atoms with van der Waals surface area (Å²) in [6, 6.07) is 5.50. The van der Waals surface area contributed by atoms with Gasteiger partial charge in [0, 0.05) is 19.4 Å². The molecule has 0 saturated carbocycles. The first-order valence-electron chi connectivity index (χ1n) is 7.31. The van der Waals surface area contributed by atoms with Gasteiger partial charge in [-0.05, 0) is 30.7 Å². The third kappa shape index (κ3) is 3.53. The van der Waals surface area contributed by atoms with Crippen LogP contribution in [0.15, 0.2) is 30.6 Å². The van der Waals surface area contributed by atoms with E-state index in [9.17, 15) is 9.59 Å². The van der Waals surface area contributed by atoms with Gasteiger partial charge >= 0.3 is 0 Å². The number of rotatable bonds is 3. The van der Waals surface area contributed by atoms with Gasteiger partial charge in [-0.25, -0.2) is 4.98 Å². The fourth-order valence-electron chi connectivity index (χ4n) is 2.36. The van der Waals surface area contributed by atoms with Gasteiger partial charge in [-0.2, -0.15) is 0 Å². The van der Waals surface area contributed by atoms with Crippen LogP contribution < -0.4 is 10.9 Å². The van der Waals surface area contributed by atoms with Crippen LogP contribution in [0.25, 0.3) is 11.5 Å². The Kier molecular flexibility index (Phi) is 4.61. The lowest BCUT2D eigenvalue weighted by Crippen LogP contribution is -2.45. The maximum Gasteiger partial charge on any atom is 0.289 e. The lowest BCUT2D eigenvalue weighted by molar-refractivity contribution is -0.121. The zero-order valence-corrected chi connectivity index (χ0v) is 13.5. The van der Waals surface area contributed by atoms with E-state index in [4.69, 9.17) is 0 Å². The summed E-state index contributed by atoms with van der Waals surface area (Å²) in [4.78, 5) is 32.5. The number of pyridine rings is 1. The maximum absolute atomic E-state index is 12.1. The van der Waals surface area contributed by atoms with Crippen molar-refractivity contribution in [3.05, 3.63) is 36.3 Å². The highest BCUT2D eigenvalue weighted by molar-refractivity contribution is 8.00. The Morgan fingerprint density at radius 2 is 2.22 bits per heavy atom. The molecule has 2 amide bonds. The smallest absolute Gasteiger partial charge is 0.289 e. The quantitative estimate of drug-likeness (QED) is 0.823. The van der Waals surface area contributed by atoms with Crippen molar-refractivity contribution >= 4 is 23.6 Å². The number of imidazole rings is 1. The minimum Gasteiger partial charge on any atom is -0.332 e. The number of aromatic nitrogens is 3. The van der Waals surface area contributed by atoms with Gasteiger partial charge in [0.2, 0.25) is 0 Å². The minimum absolute atomic E-state index is 0.0805. The molecule has 23 heavy (non-hydrogen) atoms. The molecule has 0 aliphatic carbocycles. The van der Waals surface area contributed by atoms with Gasteiger partial charge in [0.05, 0.1) is 5.25 Å². The highest BCUT2D eigenvalue weighted by Crippen LogP contribution is 2.25. The Morgan fingerprint density at radius 3 is 2.91 bits per heavy atom. The highest BCUT2D eigenvalue weighted by atomic mass is 32.2. The molecule has 3 heterocycles. The SMILES string of the molecule is Cn1cc(C(=O)NNC(=O)C2CCCS2)nc1-c1ccccn1. The molecule has 2 aromatic heterocycles. The summed E-state index contributed by atoms with van der Waals surface area (Å²) in [5.41, 5.74) is 5.80. The van der Waals surface area contributed by atoms with Gasteiger partial charge in [0.1, 0.15) is 11.4 Å². The Morgan fingerprint density at radius 1 is 1.35 bits per heavy atom. The highest BCUT2D eigenvalue weighted by Gasteiger charge is 2.24. The molecule has 8 heteroatoms. The first-order valence-corrected chi connectivity index (χ1v) is 8.36. The van der Waals surface area contributed by atoms with E-state index in [1.54, 1.807) is 35.8 Å². The second kappa shape index (κ2) is 6.82. The van der Waals surface area contributed by atoms with E-state index in [1.807, 2.05) is 18.2 Å². The summed E-state index contributed by atoms with van der Waals surface area (Å²) in [6.45, 7) is 0. The van der Waals surface area contributed by atoms with Crippen LogP contribution >= 0.6 is 11.8 Å². The fraction of sp³-hybridized carbons (Fsp3) is 0.333. The van der Waals surface area contributed by atoms with E-state index in [1.165, 1.54) is 0 Å². The second-order valence-corrected chi connectivity index (χ2v) is 6.53. The molecule has 0 radical (unpaired) electrons. The molecule has 7 nitrogen and oxygen atoms in total. The van der Waals surface area contributed by atoms with Crippen molar-refractivity contribution in [3.63, 3.8) is 0 Å². The van der Waals surface area contributed by atoms with Crippen molar-refractivity contribution in [2.75, 3.05) is 5.75 Å². The molecule has 1 unspecified atom stereocenters. The van der Waals surface area contributed by atoms with E-state index in [0.29, 0.717) is 11.5 Å². The molecule has 3 rings (SSSR count). The molecule has 1 atom stereocenters. The van der Waals surface area contributed by atoms with E-state index in [0.717, 1.165) is 18.6 Å². The lowest BCUT2D eigenvalue weighted by atomic mass is 10.2. The first kappa shape index (κ1) is 15.5. The number of aryl methyl sites for hydroxylation is 1. The van der Waals surface area contributed by atoms with Gasteiger partial charge in [-0.15, -0.1) is 11.8 Å². The molecule has 0 bridgehead atoms. The third-order valence-electron chi connectivity index (χ3n) is 3.52. The average Bonchev–Trinajstić information content (AvgIpc) is 3.23. The topological polar surface area (TPSA) is 88.9 Å². The summed E-state index contributed by atoms with van der Waals surface area (Å²) in [5, 5.41) is -0.0805. The number of hydrazine groups is 1. The fourth-order valence-corrected chi connectivity index (χ4v) is 3.52. The normalized spacial score (nSPS) is 17.0. The number of hydrogen-bond acceptors (Lipinski definition) is 5. The van der Waals surface area contributed by atoms with Crippen molar-refractivity contribution in [1.82, 2.24) is 25.4 Å². The van der Waals surface area contributed by atoms with Crippen LogP contribution in [0, 0.1) is 0 Å². The molecule has 2 N–H and O–H groups in total. The van der Waals surface area contributed by atoms with Crippen LogP contribution in [0.4, 0.5) is 0 Å². The van der Waals surface area contributed by atoms with Crippen molar-refractivity contribution in [2.24, 2.45) is 7.05 Å². The zero-order chi connectivity index (χ0) is 16.2. The molecule has 2 aromatic rings. The van der Waals surface area contributed by atoms with Crippen LogP contribution in [0.3, 0.4) is 0 Å². The van der Waals surface area contributed by atoms with Gasteiger partial charge in [-0.3, -0.25) is 25.4 Å². The number of thioether (sulfide) groups is 1. The first-order chi connectivity index (χ1) is 11.1. The van der Waals surface area contributed by atoms with Crippen LogP contribution in [-0.2, 0) is 11.8 Å². The van der Waals surface area contributed by atoms with Crippen molar-refractivity contribution in [3.8, 4) is 11.5 Å². The van der Waals surface area contributed by atoms with Gasteiger partial charge in [-0.1, -0.05) is 6.07 Å². The summed E-state index contributed by atoms with van der Waals surface area (Å²) in [5.74, 6) is 0.967. The predicted molar refractivity (Wildman–Crippen MR) is 87.5 cm³/mol. The molecule has 120 valence electrons. The zero-order valence-electron chi connectivity index (χ0n) is 12.7. The molecule has 1 fully saturated rings. The van der Waals surface area contributed by atoms with E-state index in [2.05, 4.69) is 20.8 Å². The molecule has 1 saturated heterocycles. The Labute approximate surface area is 137 Å². The largest absolute Gasteiger partial charge is 0.332 e. The number of amides is 2. The number of carbonyl (C=O) groups excluding carboxylic acids is 2. The molecule has 1 aliphatic rings. The maximum atomic E-state index is 12.1. The number of hydrogen-bond donors (Lipinski definition) is 2. The second-order valence-electron chi connectivity index (χ2n) is 5.22. The predicted octanol–water partition coefficient (Wildman–Crippen LogP) is 1.14. The van der Waals surface area contributed by atoms with Gasteiger partial charge in [0.15, 0.2) is 5.82 Å². The summed E-state index contributed by atoms with van der Waals surface area (Å²) >= 11 is 1.61. The Balaban J connectivity index is 1.65. The van der Waals surface area contributed by atoms with Crippen molar-refractivity contribution in [1.29, 1.82) is 0 Å². The average molecular weight is 331 g/mol. The molecule has 1 aliphatic heterocycles. The summed E-state index contributed by atoms with van der Waals surface area (Å²) < 4.78 is 1.73. The minimum atomic E-state index is -0.445. The number of carbonyl (C=O) groups is 2. The molecular formula is C15H17N5O2S. The van der Waals surface area contributed by atoms with E-state index >= 15 is 0 Å².